The molecule has 6 heteroatoms. The number of urea groups is 1. The molecule has 1 unspecified atom stereocenters. The number of halogens is 1. The number of amides is 3. The number of ether oxygens (including phenoxy) is 1. The number of hydrogen-bond donors (Lipinski definition) is 1. The monoisotopic (exact) mass is 238 g/mol. The molecular formula is C11H11FN2O3. The average Bonchev–Trinajstić information content (AvgIpc) is 2.32. The Labute approximate surface area is 97.2 Å². The fourth-order valence-corrected chi connectivity index (χ4v) is 1.61. The van der Waals surface area contributed by atoms with Gasteiger partial charge < -0.3 is 10.1 Å². The van der Waals surface area contributed by atoms with Crippen LogP contribution in [0.5, 0.6) is 0 Å². The van der Waals surface area contributed by atoms with Crippen molar-refractivity contribution in [3.63, 3.8) is 0 Å². The van der Waals surface area contributed by atoms with Gasteiger partial charge in [0.25, 0.3) is 5.91 Å². The topological polar surface area (TPSA) is 58.6 Å². The second-order valence-corrected chi connectivity index (χ2v) is 3.56. The molecule has 2 rings (SSSR count). The van der Waals surface area contributed by atoms with Crippen molar-refractivity contribution >= 4 is 17.6 Å². The summed E-state index contributed by atoms with van der Waals surface area (Å²) in [5.41, 5.74) is 0.315. The molecule has 1 aromatic carbocycles. The lowest BCUT2D eigenvalue weighted by Crippen LogP contribution is -2.58. The number of carbonyl (C=O) groups excluding carboxylic acids is 2. The fourth-order valence-electron chi connectivity index (χ4n) is 1.61. The lowest BCUT2D eigenvalue weighted by Gasteiger charge is -2.30. The molecule has 0 aromatic heterocycles. The minimum Gasteiger partial charge on any atom is -0.370 e. The smallest absolute Gasteiger partial charge is 0.328 e. The minimum atomic E-state index is -0.710. The molecule has 0 radical (unpaired) electrons. The van der Waals surface area contributed by atoms with Gasteiger partial charge >= 0.3 is 6.03 Å². The van der Waals surface area contributed by atoms with E-state index in [0.29, 0.717) is 5.69 Å². The highest BCUT2D eigenvalue weighted by molar-refractivity contribution is 6.17. The van der Waals surface area contributed by atoms with E-state index in [-0.39, 0.29) is 6.54 Å². The van der Waals surface area contributed by atoms with Crippen molar-refractivity contribution in [2.45, 2.75) is 6.10 Å². The number of hydrogen-bond acceptors (Lipinski definition) is 3. The van der Waals surface area contributed by atoms with E-state index in [1.54, 1.807) is 0 Å². The zero-order valence-corrected chi connectivity index (χ0v) is 9.14. The minimum absolute atomic E-state index is 0.145. The van der Waals surface area contributed by atoms with Gasteiger partial charge in [0, 0.05) is 7.11 Å². The molecule has 90 valence electrons. The number of rotatable bonds is 2. The molecule has 0 saturated carbocycles. The van der Waals surface area contributed by atoms with Crippen molar-refractivity contribution in [1.82, 2.24) is 5.32 Å². The van der Waals surface area contributed by atoms with Gasteiger partial charge in [0.1, 0.15) is 5.82 Å². The standard InChI is InChI=1S/C11H11FN2O3/c1-17-9-6-13-11(16)14(10(9)15)8-4-2-7(12)3-5-8/h2-5,9H,6H2,1H3,(H,13,16). The fraction of sp³-hybridized carbons (Fsp3) is 0.273. The molecule has 1 aromatic rings. The number of nitrogens with one attached hydrogen (secondary N) is 1. The summed E-state index contributed by atoms with van der Waals surface area (Å²) in [5, 5.41) is 2.52. The zero-order chi connectivity index (χ0) is 12.4. The maximum Gasteiger partial charge on any atom is 0.328 e. The quantitative estimate of drug-likeness (QED) is 0.832. The lowest BCUT2D eigenvalue weighted by atomic mass is 10.2. The van der Waals surface area contributed by atoms with Crippen LogP contribution in [-0.4, -0.2) is 31.7 Å². The van der Waals surface area contributed by atoms with E-state index in [2.05, 4.69) is 5.32 Å². The van der Waals surface area contributed by atoms with E-state index < -0.39 is 23.9 Å². The Bertz CT molecular complexity index is 447. The molecule has 0 spiro atoms. The molecule has 3 amide bonds. The summed E-state index contributed by atoms with van der Waals surface area (Å²) in [7, 11) is 1.39. The highest BCUT2D eigenvalue weighted by Crippen LogP contribution is 2.18. The van der Waals surface area contributed by atoms with E-state index in [1.165, 1.54) is 31.4 Å². The first-order valence-corrected chi connectivity index (χ1v) is 5.03. The number of imide groups is 1. The summed E-state index contributed by atoms with van der Waals surface area (Å²) in [4.78, 5) is 24.4. The summed E-state index contributed by atoms with van der Waals surface area (Å²) < 4.78 is 17.7. The molecule has 17 heavy (non-hydrogen) atoms. The molecule has 0 aliphatic carbocycles. The van der Waals surface area contributed by atoms with Gasteiger partial charge in [-0.3, -0.25) is 4.79 Å². The number of methoxy groups -OCH3 is 1. The van der Waals surface area contributed by atoms with Gasteiger partial charge in [-0.05, 0) is 24.3 Å². The van der Waals surface area contributed by atoms with Crippen LogP contribution in [0, 0.1) is 5.82 Å². The second-order valence-electron chi connectivity index (χ2n) is 3.56. The van der Waals surface area contributed by atoms with Crippen molar-refractivity contribution < 1.29 is 18.7 Å². The Kier molecular flexibility index (Phi) is 3.06. The van der Waals surface area contributed by atoms with Gasteiger partial charge in [-0.2, -0.15) is 0 Å². The molecule has 1 heterocycles. The SMILES string of the molecule is COC1CNC(=O)N(c2ccc(F)cc2)C1=O. The molecule has 0 bridgehead atoms. The first kappa shape index (κ1) is 11.5. The van der Waals surface area contributed by atoms with Crippen molar-refractivity contribution in [2.75, 3.05) is 18.6 Å². The summed E-state index contributed by atoms with van der Waals surface area (Å²) in [5.74, 6) is -0.884. The van der Waals surface area contributed by atoms with Gasteiger partial charge in [0.15, 0.2) is 6.10 Å². The van der Waals surface area contributed by atoms with Gasteiger partial charge in [0.05, 0.1) is 12.2 Å². The van der Waals surface area contributed by atoms with E-state index in [9.17, 15) is 14.0 Å². The Balaban J connectivity index is 2.31. The maximum absolute atomic E-state index is 12.8. The largest absolute Gasteiger partial charge is 0.370 e. The van der Waals surface area contributed by atoms with Crippen LogP contribution < -0.4 is 10.2 Å². The van der Waals surface area contributed by atoms with Crippen LogP contribution in [-0.2, 0) is 9.53 Å². The van der Waals surface area contributed by atoms with Crippen LogP contribution in [0.2, 0.25) is 0 Å². The molecule has 1 fully saturated rings. The van der Waals surface area contributed by atoms with Crippen LogP contribution in [0.15, 0.2) is 24.3 Å². The van der Waals surface area contributed by atoms with Crippen LogP contribution in [0.3, 0.4) is 0 Å². The highest BCUT2D eigenvalue weighted by atomic mass is 19.1. The van der Waals surface area contributed by atoms with Gasteiger partial charge in [-0.15, -0.1) is 0 Å². The molecule has 5 nitrogen and oxygen atoms in total. The second kappa shape index (κ2) is 4.50. The third kappa shape index (κ3) is 2.12. The number of anilines is 1. The van der Waals surface area contributed by atoms with Crippen molar-refractivity contribution in [3.8, 4) is 0 Å². The third-order valence-corrected chi connectivity index (χ3v) is 2.51. The van der Waals surface area contributed by atoms with Crippen LogP contribution in [0.4, 0.5) is 14.9 Å². The van der Waals surface area contributed by atoms with E-state index >= 15 is 0 Å². The first-order valence-electron chi connectivity index (χ1n) is 5.03. The Morgan fingerprint density at radius 2 is 2.00 bits per heavy atom. The highest BCUT2D eigenvalue weighted by Gasteiger charge is 2.35. The van der Waals surface area contributed by atoms with Gasteiger partial charge in [0.2, 0.25) is 0 Å². The molecule has 1 aliphatic heterocycles. The predicted molar refractivity (Wildman–Crippen MR) is 58.1 cm³/mol. The summed E-state index contributed by atoms with van der Waals surface area (Å²) in [6.45, 7) is 0.145. The number of nitrogens with zero attached hydrogens (tertiary/aromatic N) is 1. The van der Waals surface area contributed by atoms with Crippen LogP contribution in [0.1, 0.15) is 0 Å². The number of benzene rings is 1. The van der Waals surface area contributed by atoms with Gasteiger partial charge in [-0.25, -0.2) is 14.1 Å². The molecule has 1 atom stereocenters. The van der Waals surface area contributed by atoms with Crippen LogP contribution >= 0.6 is 0 Å². The molecule has 1 saturated heterocycles. The van der Waals surface area contributed by atoms with Gasteiger partial charge in [-0.1, -0.05) is 0 Å². The summed E-state index contributed by atoms with van der Waals surface area (Å²) >= 11 is 0. The van der Waals surface area contributed by atoms with E-state index in [0.717, 1.165) is 4.90 Å². The van der Waals surface area contributed by atoms with Crippen molar-refractivity contribution in [3.05, 3.63) is 30.1 Å². The predicted octanol–water partition coefficient (Wildman–Crippen LogP) is 0.897. The number of carbonyl (C=O) groups is 2. The summed E-state index contributed by atoms with van der Waals surface area (Å²) in [6, 6.07) is 4.57. The van der Waals surface area contributed by atoms with Crippen molar-refractivity contribution in [2.24, 2.45) is 0 Å². The third-order valence-electron chi connectivity index (χ3n) is 2.51. The Hall–Kier alpha value is -1.95. The van der Waals surface area contributed by atoms with E-state index in [1.807, 2.05) is 0 Å². The maximum atomic E-state index is 12.8. The zero-order valence-electron chi connectivity index (χ0n) is 9.14. The Morgan fingerprint density at radius 1 is 1.35 bits per heavy atom. The average molecular weight is 238 g/mol. The first-order chi connectivity index (χ1) is 8.13. The normalized spacial score (nSPS) is 20.4. The molecular weight excluding hydrogens is 227 g/mol. The summed E-state index contributed by atoms with van der Waals surface area (Å²) in [6.07, 6.45) is -0.710. The molecule has 1 aliphatic rings. The Morgan fingerprint density at radius 3 is 2.59 bits per heavy atom. The van der Waals surface area contributed by atoms with E-state index in [4.69, 9.17) is 4.74 Å². The van der Waals surface area contributed by atoms with Crippen molar-refractivity contribution in [1.29, 1.82) is 0 Å². The van der Waals surface area contributed by atoms with Crippen LogP contribution in [0.25, 0.3) is 0 Å². The molecule has 1 N–H and O–H groups in total. The lowest BCUT2D eigenvalue weighted by molar-refractivity contribution is -0.128.